The molecule has 1 aromatic rings. The van der Waals surface area contributed by atoms with Gasteiger partial charge in [0.2, 0.25) is 10.0 Å². The molecular formula is C13H19NO4S2. The van der Waals surface area contributed by atoms with Crippen molar-refractivity contribution in [1.82, 2.24) is 4.31 Å². The number of benzene rings is 1. The van der Waals surface area contributed by atoms with Crippen molar-refractivity contribution in [1.29, 1.82) is 0 Å². The largest absolute Gasteiger partial charge is 0.243 e. The third-order valence-electron chi connectivity index (χ3n) is 3.74. The molecule has 5 nitrogen and oxygen atoms in total. The molecule has 1 saturated heterocycles. The van der Waals surface area contributed by atoms with Crippen molar-refractivity contribution in [2.45, 2.75) is 55.0 Å². The van der Waals surface area contributed by atoms with Crippen molar-refractivity contribution in [2.75, 3.05) is 0 Å². The Morgan fingerprint density at radius 3 is 2.00 bits per heavy atom. The molecule has 1 fully saturated rings. The summed E-state index contributed by atoms with van der Waals surface area (Å²) in [6.45, 7) is 3.83. The Morgan fingerprint density at radius 1 is 1.05 bits per heavy atom. The van der Waals surface area contributed by atoms with Gasteiger partial charge in [-0.05, 0) is 51.0 Å². The van der Waals surface area contributed by atoms with Gasteiger partial charge in [-0.2, -0.15) is 4.31 Å². The maximum Gasteiger partial charge on any atom is 0.243 e. The van der Waals surface area contributed by atoms with E-state index in [-0.39, 0.29) is 21.9 Å². The minimum Gasteiger partial charge on any atom is -0.227 e. The summed E-state index contributed by atoms with van der Waals surface area (Å²) in [7, 11) is -6.25. The molecule has 0 N–H and O–H groups in total. The second-order valence-electron chi connectivity index (χ2n) is 5.21. The van der Waals surface area contributed by atoms with E-state index >= 15 is 0 Å². The summed E-state index contributed by atoms with van der Waals surface area (Å²) < 4.78 is 48.6. The minimum absolute atomic E-state index is 0.0282. The van der Waals surface area contributed by atoms with Gasteiger partial charge < -0.3 is 0 Å². The van der Waals surface area contributed by atoms with Crippen molar-refractivity contribution in [3.05, 3.63) is 24.3 Å². The van der Waals surface area contributed by atoms with Gasteiger partial charge in [-0.15, -0.1) is 0 Å². The van der Waals surface area contributed by atoms with Crippen LogP contribution in [0.25, 0.3) is 0 Å². The molecule has 0 saturated carbocycles. The molecule has 0 aliphatic carbocycles. The molecule has 20 heavy (non-hydrogen) atoms. The van der Waals surface area contributed by atoms with Crippen LogP contribution in [0, 0.1) is 0 Å². The molecule has 2 rings (SSSR count). The fourth-order valence-electron chi connectivity index (χ4n) is 2.73. The quantitative estimate of drug-likeness (QED) is 0.860. The van der Waals surface area contributed by atoms with Crippen LogP contribution in [-0.2, 0) is 20.7 Å². The van der Waals surface area contributed by atoms with Crippen LogP contribution < -0.4 is 0 Å². The SMILES string of the molecule is CC1CCCC(C)N1S(=O)(=O)c1ccc([SH](=O)=O)cc1. The number of sulfonamides is 1. The van der Waals surface area contributed by atoms with E-state index in [1.807, 2.05) is 13.8 Å². The van der Waals surface area contributed by atoms with Crippen LogP contribution in [0.15, 0.2) is 34.1 Å². The average molecular weight is 317 g/mol. The maximum atomic E-state index is 12.7. The molecule has 112 valence electrons. The van der Waals surface area contributed by atoms with E-state index in [1.165, 1.54) is 24.3 Å². The highest BCUT2D eigenvalue weighted by atomic mass is 32.2. The number of nitrogens with zero attached hydrogens (tertiary/aromatic N) is 1. The zero-order chi connectivity index (χ0) is 14.9. The molecule has 7 heteroatoms. The van der Waals surface area contributed by atoms with Crippen molar-refractivity contribution in [3.63, 3.8) is 0 Å². The molecule has 1 heterocycles. The Bertz CT molecular complexity index is 631. The van der Waals surface area contributed by atoms with Crippen LogP contribution in [0.4, 0.5) is 0 Å². The second kappa shape index (κ2) is 5.83. The lowest BCUT2D eigenvalue weighted by Crippen LogP contribution is -2.47. The van der Waals surface area contributed by atoms with Crippen LogP contribution in [0.3, 0.4) is 0 Å². The summed E-state index contributed by atoms with van der Waals surface area (Å²) in [5, 5.41) is 0. The summed E-state index contributed by atoms with van der Waals surface area (Å²) in [6.07, 6.45) is 2.74. The van der Waals surface area contributed by atoms with Crippen molar-refractivity contribution < 1.29 is 16.8 Å². The molecule has 0 radical (unpaired) electrons. The maximum absolute atomic E-state index is 12.7. The number of thiol groups is 1. The van der Waals surface area contributed by atoms with E-state index in [0.29, 0.717) is 0 Å². The van der Waals surface area contributed by atoms with Crippen LogP contribution >= 0.6 is 0 Å². The van der Waals surface area contributed by atoms with Gasteiger partial charge in [0.25, 0.3) is 0 Å². The summed E-state index contributed by atoms with van der Waals surface area (Å²) in [4.78, 5) is 0.275. The Hall–Kier alpha value is -0.920. The molecular weight excluding hydrogens is 298 g/mol. The normalized spacial score (nSPS) is 24.9. The second-order valence-corrected chi connectivity index (χ2v) is 8.09. The van der Waals surface area contributed by atoms with E-state index < -0.39 is 20.7 Å². The lowest BCUT2D eigenvalue weighted by Gasteiger charge is -2.37. The molecule has 0 amide bonds. The molecule has 2 atom stereocenters. The fourth-order valence-corrected chi connectivity index (χ4v) is 5.01. The van der Waals surface area contributed by atoms with Gasteiger partial charge in [0.1, 0.15) is 0 Å². The molecule has 0 spiro atoms. The molecule has 1 aliphatic rings. The van der Waals surface area contributed by atoms with Crippen molar-refractivity contribution in [2.24, 2.45) is 0 Å². The first-order chi connectivity index (χ1) is 9.34. The lowest BCUT2D eigenvalue weighted by atomic mass is 10.0. The Kier molecular flexibility index (Phi) is 4.51. The van der Waals surface area contributed by atoms with Crippen LogP contribution in [0.5, 0.6) is 0 Å². The molecule has 1 aliphatic heterocycles. The van der Waals surface area contributed by atoms with E-state index in [0.717, 1.165) is 19.3 Å². The van der Waals surface area contributed by atoms with Crippen molar-refractivity contribution in [3.8, 4) is 0 Å². The summed E-state index contributed by atoms with van der Waals surface area (Å²) in [5.41, 5.74) is 0. The van der Waals surface area contributed by atoms with Gasteiger partial charge in [-0.25, -0.2) is 16.8 Å². The van der Waals surface area contributed by atoms with Crippen LogP contribution in [-0.4, -0.2) is 33.2 Å². The van der Waals surface area contributed by atoms with E-state index in [1.54, 1.807) is 4.31 Å². The van der Waals surface area contributed by atoms with Gasteiger partial charge in [0, 0.05) is 12.1 Å². The Morgan fingerprint density at radius 2 is 1.55 bits per heavy atom. The number of rotatable bonds is 3. The monoisotopic (exact) mass is 317 g/mol. The Labute approximate surface area is 121 Å². The number of hydrogen-bond donors (Lipinski definition) is 1. The van der Waals surface area contributed by atoms with Gasteiger partial charge in [-0.1, -0.05) is 6.42 Å². The minimum atomic E-state index is -3.57. The lowest BCUT2D eigenvalue weighted by molar-refractivity contribution is 0.204. The third kappa shape index (κ3) is 2.89. The van der Waals surface area contributed by atoms with E-state index in [4.69, 9.17) is 0 Å². The average Bonchev–Trinajstić information content (AvgIpc) is 2.38. The predicted molar refractivity (Wildman–Crippen MR) is 76.8 cm³/mol. The van der Waals surface area contributed by atoms with Gasteiger partial charge in [-0.3, -0.25) is 0 Å². The highest BCUT2D eigenvalue weighted by Gasteiger charge is 2.35. The molecule has 0 bridgehead atoms. The zero-order valence-electron chi connectivity index (χ0n) is 11.5. The van der Waals surface area contributed by atoms with E-state index in [2.05, 4.69) is 0 Å². The van der Waals surface area contributed by atoms with E-state index in [9.17, 15) is 16.8 Å². The number of hydrogen-bond acceptors (Lipinski definition) is 4. The molecule has 1 aromatic carbocycles. The van der Waals surface area contributed by atoms with Gasteiger partial charge in [0.05, 0.1) is 9.79 Å². The van der Waals surface area contributed by atoms with Gasteiger partial charge >= 0.3 is 0 Å². The predicted octanol–water partition coefficient (Wildman–Crippen LogP) is 1.61. The van der Waals surface area contributed by atoms with Gasteiger partial charge in [0.15, 0.2) is 10.7 Å². The van der Waals surface area contributed by atoms with Crippen LogP contribution in [0.2, 0.25) is 0 Å². The highest BCUT2D eigenvalue weighted by Crippen LogP contribution is 2.29. The zero-order valence-corrected chi connectivity index (χ0v) is 13.2. The summed E-state index contributed by atoms with van der Waals surface area (Å²) >= 11 is 0. The first-order valence-corrected chi connectivity index (χ1v) is 9.24. The molecule has 2 unspecified atom stereocenters. The Balaban J connectivity index is 2.38. The van der Waals surface area contributed by atoms with Crippen LogP contribution in [0.1, 0.15) is 33.1 Å². The first-order valence-electron chi connectivity index (χ1n) is 6.62. The standard InChI is InChI=1S/C13H19NO4S2/c1-10-4-3-5-11(2)14(10)20(17,18)13-8-6-12(7-9-13)19(15)16/h6-11,19H,3-5H2,1-2H3. The number of piperidine rings is 1. The summed E-state index contributed by atoms with van der Waals surface area (Å²) in [5.74, 6) is 0. The summed E-state index contributed by atoms with van der Waals surface area (Å²) in [6, 6.07) is 5.34. The highest BCUT2D eigenvalue weighted by molar-refractivity contribution is 7.89. The topological polar surface area (TPSA) is 71.5 Å². The smallest absolute Gasteiger partial charge is 0.227 e. The molecule has 0 aromatic heterocycles. The first kappa shape index (κ1) is 15.5. The fraction of sp³-hybridized carbons (Fsp3) is 0.538. The third-order valence-corrected chi connectivity index (χ3v) is 6.60. The van der Waals surface area contributed by atoms with Crippen molar-refractivity contribution >= 4 is 20.7 Å².